The molecule has 0 spiro atoms. The molecule has 0 aliphatic carbocycles. The third kappa shape index (κ3) is 5.46. The van der Waals surface area contributed by atoms with Gasteiger partial charge in [-0.3, -0.25) is 19.4 Å². The van der Waals surface area contributed by atoms with Crippen molar-refractivity contribution in [2.24, 2.45) is 0 Å². The van der Waals surface area contributed by atoms with Gasteiger partial charge in [0.15, 0.2) is 0 Å². The van der Waals surface area contributed by atoms with E-state index in [9.17, 15) is 4.79 Å². The molecule has 5 heterocycles. The van der Waals surface area contributed by atoms with Crippen LogP contribution >= 0.6 is 0 Å². The topological polar surface area (TPSA) is 92.1 Å². The number of piperidine rings is 1. The van der Waals surface area contributed by atoms with Crippen molar-refractivity contribution in [3.8, 4) is 22.5 Å². The number of anilines is 2. The molecular weight excluding hydrogens is 512 g/mol. The number of carbonyl (C=O) groups is 1. The molecule has 0 radical (unpaired) electrons. The Morgan fingerprint density at radius 2 is 1.83 bits per heavy atom. The Morgan fingerprint density at radius 1 is 1.07 bits per heavy atom. The van der Waals surface area contributed by atoms with Gasteiger partial charge in [0.1, 0.15) is 5.69 Å². The van der Waals surface area contributed by atoms with E-state index < -0.39 is 0 Å². The van der Waals surface area contributed by atoms with E-state index in [4.69, 9.17) is 10.1 Å². The minimum absolute atomic E-state index is 0.0769. The van der Waals surface area contributed by atoms with Crippen LogP contribution in [0.15, 0.2) is 67.3 Å². The first kappa shape index (κ1) is 27.1. The normalized spacial score (nSPS) is 20.4. The Labute approximate surface area is 241 Å². The maximum atomic E-state index is 13.4. The Balaban J connectivity index is 1.15. The summed E-state index contributed by atoms with van der Waals surface area (Å²) >= 11 is 0. The minimum atomic E-state index is 0.0769. The summed E-state index contributed by atoms with van der Waals surface area (Å²) < 4.78 is 1.90. The molecule has 2 atom stereocenters. The second-order valence-corrected chi connectivity index (χ2v) is 11.4. The Hall–Kier alpha value is -4.11. The summed E-state index contributed by atoms with van der Waals surface area (Å²) in [7, 11) is 1.96. The number of rotatable bonds is 8. The quantitative estimate of drug-likeness (QED) is 0.303. The molecule has 6 rings (SSSR count). The Kier molecular flexibility index (Phi) is 7.53. The molecule has 1 N–H and O–H groups in total. The monoisotopic (exact) mass is 550 g/mol. The fraction of sp³-hybridized carbons (Fsp3) is 0.406. The van der Waals surface area contributed by atoms with Gasteiger partial charge in [-0.15, -0.1) is 0 Å². The van der Waals surface area contributed by atoms with Crippen LogP contribution in [0.3, 0.4) is 0 Å². The first-order valence-corrected chi connectivity index (χ1v) is 14.6. The number of amides is 1. The van der Waals surface area contributed by atoms with Gasteiger partial charge < -0.3 is 10.2 Å². The Bertz CT molecular complexity index is 1490. The molecule has 2 unspecified atom stereocenters. The van der Waals surface area contributed by atoms with Gasteiger partial charge >= 0.3 is 0 Å². The number of aromatic nitrogens is 5. The number of carbonyl (C=O) groups excluding carboxylic acids is 1. The zero-order chi connectivity index (χ0) is 28.5. The van der Waals surface area contributed by atoms with Crippen molar-refractivity contribution in [1.29, 1.82) is 0 Å². The van der Waals surface area contributed by atoms with E-state index in [-0.39, 0.29) is 11.9 Å². The molecule has 4 aromatic rings. The highest BCUT2D eigenvalue weighted by molar-refractivity contribution is 5.94. The van der Waals surface area contributed by atoms with Crippen molar-refractivity contribution in [3.05, 3.63) is 72.8 Å². The second kappa shape index (κ2) is 11.4. The van der Waals surface area contributed by atoms with Crippen LogP contribution in [0.1, 0.15) is 56.8 Å². The summed E-state index contributed by atoms with van der Waals surface area (Å²) in [5, 5.41) is 8.04. The molecule has 212 valence electrons. The summed E-state index contributed by atoms with van der Waals surface area (Å²) in [6.07, 6.45) is 11.9. The van der Waals surface area contributed by atoms with Gasteiger partial charge in [-0.05, 0) is 88.9 Å². The average Bonchev–Trinajstić information content (AvgIpc) is 3.56. The van der Waals surface area contributed by atoms with Gasteiger partial charge in [0.05, 0.1) is 5.69 Å². The number of benzene rings is 1. The van der Waals surface area contributed by atoms with Crippen LogP contribution < -0.4 is 5.32 Å². The number of fused-ring (bicyclic) bond motifs is 2. The average molecular weight is 551 g/mol. The van der Waals surface area contributed by atoms with Crippen molar-refractivity contribution in [3.63, 3.8) is 0 Å². The van der Waals surface area contributed by atoms with E-state index >= 15 is 0 Å². The fourth-order valence-corrected chi connectivity index (χ4v) is 6.59. The van der Waals surface area contributed by atoms with E-state index in [0.717, 1.165) is 47.6 Å². The van der Waals surface area contributed by atoms with Crippen LogP contribution in [0.25, 0.3) is 22.5 Å². The van der Waals surface area contributed by atoms with Crippen molar-refractivity contribution in [2.75, 3.05) is 12.4 Å². The number of hydrogen-bond donors (Lipinski definition) is 1. The molecule has 2 bridgehead atoms. The number of nitrogens with one attached hydrogen (secondary N) is 1. The highest BCUT2D eigenvalue weighted by atomic mass is 16.2. The van der Waals surface area contributed by atoms with Gasteiger partial charge in [-0.25, -0.2) is 9.97 Å². The molecular formula is C32H38N8O. The largest absolute Gasteiger partial charge is 0.339 e. The van der Waals surface area contributed by atoms with Crippen LogP contribution in [-0.4, -0.2) is 71.7 Å². The van der Waals surface area contributed by atoms with Gasteiger partial charge in [0, 0.05) is 84.9 Å². The van der Waals surface area contributed by atoms with E-state index in [1.54, 1.807) is 12.4 Å². The first-order chi connectivity index (χ1) is 19.9. The molecule has 3 aromatic heterocycles. The number of pyridine rings is 1. The second-order valence-electron chi connectivity index (χ2n) is 11.4. The zero-order valence-electron chi connectivity index (χ0n) is 24.2. The number of nitrogens with zero attached hydrogens (tertiary/aromatic N) is 7. The van der Waals surface area contributed by atoms with Crippen molar-refractivity contribution in [1.82, 2.24) is 34.5 Å². The maximum Gasteiger partial charge on any atom is 0.253 e. The molecule has 2 saturated heterocycles. The molecule has 1 aromatic carbocycles. The van der Waals surface area contributed by atoms with Crippen LogP contribution in [-0.2, 0) is 6.54 Å². The smallest absolute Gasteiger partial charge is 0.253 e. The predicted octanol–water partition coefficient (Wildman–Crippen LogP) is 5.64. The summed E-state index contributed by atoms with van der Waals surface area (Å²) in [6.45, 7) is 7.39. The van der Waals surface area contributed by atoms with E-state index in [0.29, 0.717) is 29.6 Å². The van der Waals surface area contributed by atoms with Gasteiger partial charge in [0.25, 0.3) is 5.91 Å². The molecule has 9 nitrogen and oxygen atoms in total. The summed E-state index contributed by atoms with van der Waals surface area (Å²) in [6, 6.07) is 15.4. The first-order valence-electron chi connectivity index (χ1n) is 14.6. The van der Waals surface area contributed by atoms with Gasteiger partial charge in [0.2, 0.25) is 5.95 Å². The standard InChI is InChI=1S/C32H38N8O/c1-5-39-20-28(30(37-39)23-7-6-15-33-19-23)29-14-16-34-32(36-29)35-24-10-8-22(9-11-24)31(41)38(4)27-17-25-12-13-26(18-27)40(25)21(2)3/h6-11,14-16,19-21,25-27H,5,12-13,17-18H2,1-4H3,(H,34,35,36). The molecule has 2 fully saturated rings. The lowest BCUT2D eigenvalue weighted by atomic mass is 9.94. The van der Waals surface area contributed by atoms with E-state index in [1.807, 2.05) is 71.5 Å². The summed E-state index contributed by atoms with van der Waals surface area (Å²) in [5.74, 6) is 0.556. The molecule has 2 aliphatic rings. The summed E-state index contributed by atoms with van der Waals surface area (Å²) in [5.41, 5.74) is 4.97. The van der Waals surface area contributed by atoms with Crippen LogP contribution in [0.2, 0.25) is 0 Å². The van der Waals surface area contributed by atoms with Crippen LogP contribution in [0, 0.1) is 0 Å². The lowest BCUT2D eigenvalue weighted by Crippen LogP contribution is -2.52. The van der Waals surface area contributed by atoms with Gasteiger partial charge in [-0.1, -0.05) is 0 Å². The number of aryl methyl sites for hydroxylation is 1. The third-order valence-corrected chi connectivity index (χ3v) is 8.57. The molecule has 0 saturated carbocycles. The molecule has 2 aliphatic heterocycles. The predicted molar refractivity (Wildman–Crippen MR) is 161 cm³/mol. The zero-order valence-corrected chi connectivity index (χ0v) is 24.2. The highest BCUT2D eigenvalue weighted by Gasteiger charge is 2.43. The highest BCUT2D eigenvalue weighted by Crippen LogP contribution is 2.39. The molecule has 9 heteroatoms. The SMILES string of the molecule is CCn1cc(-c2ccnc(Nc3ccc(C(=O)N(C)C4CC5CCC(C4)N5C(C)C)cc3)n2)c(-c2cccnc2)n1. The van der Waals surface area contributed by atoms with Crippen molar-refractivity contribution in [2.45, 2.75) is 77.2 Å². The summed E-state index contributed by atoms with van der Waals surface area (Å²) in [4.78, 5) is 31.5. The van der Waals surface area contributed by atoms with Crippen molar-refractivity contribution < 1.29 is 4.79 Å². The van der Waals surface area contributed by atoms with E-state index in [1.165, 1.54) is 12.8 Å². The lowest BCUT2D eigenvalue weighted by Gasteiger charge is -2.44. The van der Waals surface area contributed by atoms with E-state index in [2.05, 4.69) is 41.0 Å². The maximum absolute atomic E-state index is 13.4. The Morgan fingerprint density at radius 3 is 2.49 bits per heavy atom. The fourth-order valence-electron chi connectivity index (χ4n) is 6.59. The lowest BCUT2D eigenvalue weighted by molar-refractivity contribution is 0.0397. The van der Waals surface area contributed by atoms with Gasteiger partial charge in [-0.2, -0.15) is 5.10 Å². The third-order valence-electron chi connectivity index (χ3n) is 8.57. The van der Waals surface area contributed by atoms with Crippen LogP contribution in [0.4, 0.5) is 11.6 Å². The minimum Gasteiger partial charge on any atom is -0.339 e. The number of hydrogen-bond acceptors (Lipinski definition) is 7. The molecule has 41 heavy (non-hydrogen) atoms. The van der Waals surface area contributed by atoms with Crippen molar-refractivity contribution >= 4 is 17.5 Å². The molecule has 1 amide bonds. The van der Waals surface area contributed by atoms with Crippen LogP contribution in [0.5, 0.6) is 0 Å².